The van der Waals surface area contributed by atoms with Gasteiger partial charge in [-0.1, -0.05) is 12.2 Å². The smallest absolute Gasteiger partial charge is 0.407 e. The standard InChI is InChI=1S/C15H20N2O4/c1-15(2,3)21-14(20)17-8-5-4-6-11-7-9-16-12(10-11)13(18)19/h4,6-7,9-10H,5,8H2,1-3H3,(H,17,20)(H,18,19). The van der Waals surface area contributed by atoms with E-state index in [9.17, 15) is 9.59 Å². The number of hydrogen-bond acceptors (Lipinski definition) is 4. The number of hydrogen-bond donors (Lipinski definition) is 2. The highest BCUT2D eigenvalue weighted by Gasteiger charge is 2.15. The number of rotatable bonds is 5. The SMILES string of the molecule is CC(C)(C)OC(=O)NCCC=Cc1ccnc(C(=O)O)c1. The number of amides is 1. The van der Waals surface area contributed by atoms with Gasteiger partial charge in [0.05, 0.1) is 0 Å². The molecule has 6 nitrogen and oxygen atoms in total. The Bertz CT molecular complexity index is 533. The van der Waals surface area contributed by atoms with E-state index >= 15 is 0 Å². The highest BCUT2D eigenvalue weighted by molar-refractivity contribution is 5.85. The largest absolute Gasteiger partial charge is 0.477 e. The lowest BCUT2D eigenvalue weighted by atomic mass is 10.2. The summed E-state index contributed by atoms with van der Waals surface area (Å²) < 4.78 is 5.10. The Balaban J connectivity index is 2.37. The van der Waals surface area contributed by atoms with E-state index in [-0.39, 0.29) is 5.69 Å². The predicted octanol–water partition coefficient (Wildman–Crippen LogP) is 2.71. The van der Waals surface area contributed by atoms with Crippen molar-refractivity contribution in [1.29, 1.82) is 0 Å². The van der Waals surface area contributed by atoms with Gasteiger partial charge in [0.15, 0.2) is 0 Å². The topological polar surface area (TPSA) is 88.5 Å². The maximum Gasteiger partial charge on any atom is 0.407 e. The Kier molecular flexibility index (Phi) is 5.90. The first kappa shape index (κ1) is 16.7. The molecule has 0 saturated heterocycles. The minimum Gasteiger partial charge on any atom is -0.477 e. The fourth-order valence-corrected chi connectivity index (χ4v) is 1.46. The van der Waals surface area contributed by atoms with Gasteiger partial charge >= 0.3 is 12.1 Å². The number of nitrogens with zero attached hydrogens (tertiary/aromatic N) is 1. The molecule has 0 unspecified atom stereocenters. The summed E-state index contributed by atoms with van der Waals surface area (Å²) in [7, 11) is 0. The van der Waals surface area contributed by atoms with Crippen molar-refractivity contribution in [3.05, 3.63) is 35.7 Å². The zero-order valence-electron chi connectivity index (χ0n) is 12.4. The molecule has 1 heterocycles. The second-order valence-corrected chi connectivity index (χ2v) is 5.40. The molecule has 0 saturated carbocycles. The molecule has 6 heteroatoms. The number of nitrogens with one attached hydrogen (secondary N) is 1. The highest BCUT2D eigenvalue weighted by Crippen LogP contribution is 2.07. The molecule has 0 radical (unpaired) electrons. The van der Waals surface area contributed by atoms with Crippen LogP contribution in [-0.4, -0.2) is 34.3 Å². The number of aromatic carboxylic acids is 1. The van der Waals surface area contributed by atoms with Crippen LogP contribution in [0.15, 0.2) is 24.4 Å². The summed E-state index contributed by atoms with van der Waals surface area (Å²) in [6.07, 6.45) is 5.24. The van der Waals surface area contributed by atoms with Crippen molar-refractivity contribution in [3.63, 3.8) is 0 Å². The maximum absolute atomic E-state index is 11.4. The average Bonchev–Trinajstić information content (AvgIpc) is 2.36. The van der Waals surface area contributed by atoms with Crippen molar-refractivity contribution in [1.82, 2.24) is 10.3 Å². The Morgan fingerprint density at radius 3 is 2.76 bits per heavy atom. The van der Waals surface area contributed by atoms with Crippen molar-refractivity contribution < 1.29 is 19.4 Å². The lowest BCUT2D eigenvalue weighted by Crippen LogP contribution is -2.32. The number of ether oxygens (including phenoxy) is 1. The summed E-state index contributed by atoms with van der Waals surface area (Å²) in [6, 6.07) is 3.20. The molecule has 0 bridgehead atoms. The third-order valence-corrected chi connectivity index (χ3v) is 2.29. The first-order valence-electron chi connectivity index (χ1n) is 6.61. The number of alkyl carbamates (subject to hydrolysis) is 1. The second-order valence-electron chi connectivity index (χ2n) is 5.40. The Morgan fingerprint density at radius 2 is 2.14 bits per heavy atom. The van der Waals surface area contributed by atoms with Crippen molar-refractivity contribution in [3.8, 4) is 0 Å². The third kappa shape index (κ3) is 7.10. The van der Waals surface area contributed by atoms with Gasteiger partial charge in [0.2, 0.25) is 0 Å². The van der Waals surface area contributed by atoms with E-state index in [0.717, 1.165) is 5.56 Å². The second kappa shape index (κ2) is 7.42. The van der Waals surface area contributed by atoms with Crippen LogP contribution < -0.4 is 5.32 Å². The summed E-state index contributed by atoms with van der Waals surface area (Å²) in [4.78, 5) is 25.9. The maximum atomic E-state index is 11.4. The van der Waals surface area contributed by atoms with Crippen LogP contribution in [0.5, 0.6) is 0 Å². The number of carboxylic acid groups (broad SMARTS) is 1. The van der Waals surface area contributed by atoms with Gasteiger partial charge in [-0.2, -0.15) is 0 Å². The fraction of sp³-hybridized carbons (Fsp3) is 0.400. The van der Waals surface area contributed by atoms with Crippen LogP contribution in [0.1, 0.15) is 43.2 Å². The van der Waals surface area contributed by atoms with Gasteiger partial charge in [0.25, 0.3) is 0 Å². The summed E-state index contributed by atoms with van der Waals surface area (Å²) >= 11 is 0. The monoisotopic (exact) mass is 292 g/mol. The molecule has 0 fully saturated rings. The number of carbonyl (C=O) groups excluding carboxylic acids is 1. The van der Waals surface area contributed by atoms with Crippen LogP contribution >= 0.6 is 0 Å². The summed E-state index contributed by atoms with van der Waals surface area (Å²) in [6.45, 7) is 5.85. The molecule has 0 aliphatic heterocycles. The zero-order chi connectivity index (χ0) is 15.9. The van der Waals surface area contributed by atoms with E-state index in [1.54, 1.807) is 32.9 Å². The van der Waals surface area contributed by atoms with Crippen LogP contribution in [0.4, 0.5) is 4.79 Å². The zero-order valence-corrected chi connectivity index (χ0v) is 12.4. The van der Waals surface area contributed by atoms with Crippen molar-refractivity contribution in [2.45, 2.75) is 32.8 Å². The number of aromatic nitrogens is 1. The normalized spacial score (nSPS) is 11.4. The first-order valence-corrected chi connectivity index (χ1v) is 6.61. The van der Waals surface area contributed by atoms with E-state index in [0.29, 0.717) is 13.0 Å². The van der Waals surface area contributed by atoms with E-state index in [1.807, 2.05) is 6.08 Å². The Labute approximate surface area is 123 Å². The molecule has 2 N–H and O–H groups in total. The van der Waals surface area contributed by atoms with Crippen LogP contribution in [0, 0.1) is 0 Å². The quantitative estimate of drug-likeness (QED) is 0.814. The Hall–Kier alpha value is -2.37. The molecule has 0 atom stereocenters. The molecule has 1 aromatic heterocycles. The molecule has 1 amide bonds. The minimum absolute atomic E-state index is 0.00373. The molecule has 21 heavy (non-hydrogen) atoms. The van der Waals surface area contributed by atoms with Gasteiger partial charge < -0.3 is 15.2 Å². The van der Waals surface area contributed by atoms with Crippen molar-refractivity contribution in [2.24, 2.45) is 0 Å². The lowest BCUT2D eigenvalue weighted by Gasteiger charge is -2.19. The van der Waals surface area contributed by atoms with Gasteiger partial charge in [-0.15, -0.1) is 0 Å². The molecule has 114 valence electrons. The van der Waals surface area contributed by atoms with Gasteiger partial charge in [-0.25, -0.2) is 14.6 Å². The Morgan fingerprint density at radius 1 is 1.43 bits per heavy atom. The van der Waals surface area contributed by atoms with Crippen molar-refractivity contribution in [2.75, 3.05) is 6.54 Å². The summed E-state index contributed by atoms with van der Waals surface area (Å²) in [5.74, 6) is -1.06. The lowest BCUT2D eigenvalue weighted by molar-refractivity contribution is 0.0528. The number of pyridine rings is 1. The molecule has 1 aromatic rings. The highest BCUT2D eigenvalue weighted by atomic mass is 16.6. The van der Waals surface area contributed by atoms with E-state index in [4.69, 9.17) is 9.84 Å². The number of carbonyl (C=O) groups is 2. The molecule has 0 spiro atoms. The van der Waals surface area contributed by atoms with Crippen molar-refractivity contribution >= 4 is 18.1 Å². The molecule has 0 aromatic carbocycles. The van der Waals surface area contributed by atoms with Gasteiger partial charge in [-0.05, 0) is 44.9 Å². The van der Waals surface area contributed by atoms with Gasteiger partial charge in [-0.3, -0.25) is 0 Å². The van der Waals surface area contributed by atoms with Crippen LogP contribution in [0.25, 0.3) is 6.08 Å². The van der Waals surface area contributed by atoms with E-state index in [2.05, 4.69) is 10.3 Å². The van der Waals surface area contributed by atoms with Gasteiger partial charge in [0, 0.05) is 12.7 Å². The average molecular weight is 292 g/mol. The summed E-state index contributed by atoms with van der Waals surface area (Å²) in [5, 5.41) is 11.5. The first-order chi connectivity index (χ1) is 9.78. The van der Waals surface area contributed by atoms with E-state index < -0.39 is 17.7 Å². The van der Waals surface area contributed by atoms with Crippen LogP contribution in [0.2, 0.25) is 0 Å². The molecular weight excluding hydrogens is 272 g/mol. The molecular formula is C15H20N2O4. The number of carboxylic acids is 1. The predicted molar refractivity (Wildman–Crippen MR) is 79.1 cm³/mol. The van der Waals surface area contributed by atoms with E-state index in [1.165, 1.54) is 12.3 Å². The summed E-state index contributed by atoms with van der Waals surface area (Å²) in [5.41, 5.74) is 0.244. The molecule has 0 aliphatic carbocycles. The van der Waals surface area contributed by atoms with Crippen LogP contribution in [0.3, 0.4) is 0 Å². The minimum atomic E-state index is -1.06. The molecule has 0 aliphatic rings. The van der Waals surface area contributed by atoms with Crippen LogP contribution in [-0.2, 0) is 4.74 Å². The fourth-order valence-electron chi connectivity index (χ4n) is 1.46. The van der Waals surface area contributed by atoms with Gasteiger partial charge in [0.1, 0.15) is 11.3 Å². The third-order valence-electron chi connectivity index (χ3n) is 2.29. The molecule has 1 rings (SSSR count).